The van der Waals surface area contributed by atoms with Gasteiger partial charge in [-0.3, -0.25) is 9.50 Å². The van der Waals surface area contributed by atoms with Gasteiger partial charge >= 0.3 is 0 Å². The maximum atomic E-state index is 6.14. The molecule has 1 aliphatic heterocycles. The molecule has 2 N–H and O–H groups in total. The summed E-state index contributed by atoms with van der Waals surface area (Å²) in [5, 5.41) is 11.1. The lowest BCUT2D eigenvalue weighted by atomic mass is 10.1. The summed E-state index contributed by atoms with van der Waals surface area (Å²) in [5.74, 6) is 1.52. The third kappa shape index (κ3) is 3.02. The molecule has 1 fully saturated rings. The largest absolute Gasteiger partial charge is 0.353 e. The zero-order valence-electron chi connectivity index (χ0n) is 14.4. The fraction of sp³-hybridized carbons (Fsp3) is 0.222. The summed E-state index contributed by atoms with van der Waals surface area (Å²) in [6.45, 7) is 2.57. The quantitative estimate of drug-likeness (QED) is 0.567. The summed E-state index contributed by atoms with van der Waals surface area (Å²) in [6, 6.07) is 5.85. The second-order valence-electron chi connectivity index (χ2n) is 6.44. The average Bonchev–Trinajstić information content (AvgIpc) is 3.38. The van der Waals surface area contributed by atoms with Crippen molar-refractivity contribution in [2.24, 2.45) is 0 Å². The van der Waals surface area contributed by atoms with Gasteiger partial charge in [0.1, 0.15) is 17.2 Å². The number of aromatic nitrogens is 6. The minimum atomic E-state index is 0.213. The number of imidazole rings is 1. The summed E-state index contributed by atoms with van der Waals surface area (Å²) in [6.07, 6.45) is 9.17. The first-order chi connectivity index (χ1) is 13.3. The summed E-state index contributed by atoms with van der Waals surface area (Å²) >= 11 is 6.14. The summed E-state index contributed by atoms with van der Waals surface area (Å²) < 4.78 is 1.91. The SMILES string of the molecule is Clc1ccc2ncc(-c3nccc(N4CCNC(c5cn[nH]c5)C4)n3)n2c1. The first-order valence-electron chi connectivity index (χ1n) is 8.71. The van der Waals surface area contributed by atoms with Crippen molar-refractivity contribution < 1.29 is 0 Å². The van der Waals surface area contributed by atoms with E-state index in [1.165, 1.54) is 0 Å². The number of pyridine rings is 1. The molecule has 9 heteroatoms. The van der Waals surface area contributed by atoms with Gasteiger partial charge in [0.2, 0.25) is 0 Å². The highest BCUT2D eigenvalue weighted by Crippen LogP contribution is 2.24. The lowest BCUT2D eigenvalue weighted by Crippen LogP contribution is -2.46. The zero-order valence-corrected chi connectivity index (χ0v) is 15.1. The number of nitrogens with zero attached hydrogens (tertiary/aromatic N) is 6. The predicted octanol–water partition coefficient (Wildman–Crippen LogP) is 2.32. The molecule has 4 aromatic rings. The van der Waals surface area contributed by atoms with E-state index in [0.29, 0.717) is 10.8 Å². The van der Waals surface area contributed by atoms with E-state index < -0.39 is 0 Å². The molecular formula is C18H17ClN8. The molecule has 8 nitrogen and oxygen atoms in total. The maximum absolute atomic E-state index is 6.14. The van der Waals surface area contributed by atoms with Gasteiger partial charge in [0.05, 0.1) is 23.5 Å². The highest BCUT2D eigenvalue weighted by molar-refractivity contribution is 6.30. The molecular weight excluding hydrogens is 364 g/mol. The van der Waals surface area contributed by atoms with Crippen LogP contribution in [0.5, 0.6) is 0 Å². The molecule has 136 valence electrons. The fourth-order valence-corrected chi connectivity index (χ4v) is 3.56. The molecule has 0 saturated carbocycles. The standard InChI is InChI=1S/C18H17ClN8/c19-13-1-2-16-22-9-15(27(16)10-13)18-21-4-3-17(25-18)26-6-5-20-14(11-26)12-7-23-24-8-12/h1-4,7-10,14,20H,5-6,11H2,(H,23,24). The first-order valence-corrected chi connectivity index (χ1v) is 9.09. The maximum Gasteiger partial charge on any atom is 0.180 e. The third-order valence-corrected chi connectivity index (χ3v) is 4.98. The Morgan fingerprint density at radius 1 is 1.15 bits per heavy atom. The number of fused-ring (bicyclic) bond motifs is 1. The molecule has 0 amide bonds. The lowest BCUT2D eigenvalue weighted by molar-refractivity contribution is 0.469. The summed E-state index contributed by atoms with van der Waals surface area (Å²) in [7, 11) is 0. The lowest BCUT2D eigenvalue weighted by Gasteiger charge is -2.34. The molecule has 27 heavy (non-hydrogen) atoms. The molecule has 4 aromatic heterocycles. The minimum Gasteiger partial charge on any atom is -0.353 e. The van der Waals surface area contributed by atoms with E-state index in [0.717, 1.165) is 42.4 Å². The molecule has 1 unspecified atom stereocenters. The van der Waals surface area contributed by atoms with Crippen LogP contribution in [0.2, 0.25) is 5.02 Å². The highest BCUT2D eigenvalue weighted by Gasteiger charge is 2.23. The number of aromatic amines is 1. The van der Waals surface area contributed by atoms with E-state index in [1.54, 1.807) is 12.4 Å². The predicted molar refractivity (Wildman–Crippen MR) is 103 cm³/mol. The fourth-order valence-electron chi connectivity index (χ4n) is 3.40. The topological polar surface area (TPSA) is 87.0 Å². The molecule has 0 aromatic carbocycles. The van der Waals surface area contributed by atoms with E-state index in [4.69, 9.17) is 16.6 Å². The van der Waals surface area contributed by atoms with Gasteiger partial charge in [-0.05, 0) is 18.2 Å². The van der Waals surface area contributed by atoms with Crippen molar-refractivity contribution in [1.29, 1.82) is 0 Å². The van der Waals surface area contributed by atoms with E-state index in [1.807, 2.05) is 41.2 Å². The van der Waals surface area contributed by atoms with Crippen LogP contribution in [0.25, 0.3) is 17.2 Å². The van der Waals surface area contributed by atoms with Gasteiger partial charge in [-0.1, -0.05) is 11.6 Å². The monoisotopic (exact) mass is 380 g/mol. The first kappa shape index (κ1) is 16.2. The molecule has 0 bridgehead atoms. The third-order valence-electron chi connectivity index (χ3n) is 4.76. The van der Waals surface area contributed by atoms with Gasteiger partial charge < -0.3 is 10.2 Å². The van der Waals surface area contributed by atoms with Gasteiger partial charge in [-0.25, -0.2) is 15.0 Å². The number of hydrogen-bond donors (Lipinski definition) is 2. The number of anilines is 1. The van der Waals surface area contributed by atoms with Crippen LogP contribution in [0.4, 0.5) is 5.82 Å². The summed E-state index contributed by atoms with van der Waals surface area (Å²) in [4.78, 5) is 15.9. The summed E-state index contributed by atoms with van der Waals surface area (Å²) in [5.41, 5.74) is 2.77. The van der Waals surface area contributed by atoms with Crippen molar-refractivity contribution in [3.8, 4) is 11.5 Å². The van der Waals surface area contributed by atoms with Crippen LogP contribution in [0.1, 0.15) is 11.6 Å². The molecule has 1 aliphatic rings. The van der Waals surface area contributed by atoms with Crippen molar-refractivity contribution in [2.45, 2.75) is 6.04 Å². The molecule has 5 rings (SSSR count). The Balaban J connectivity index is 1.47. The molecule has 1 atom stereocenters. The Hall–Kier alpha value is -2.97. The van der Waals surface area contributed by atoms with Crippen LogP contribution in [0.15, 0.2) is 49.2 Å². The van der Waals surface area contributed by atoms with Crippen molar-refractivity contribution in [3.63, 3.8) is 0 Å². The van der Waals surface area contributed by atoms with Crippen LogP contribution < -0.4 is 10.2 Å². The van der Waals surface area contributed by atoms with Crippen LogP contribution in [-0.4, -0.2) is 49.2 Å². The van der Waals surface area contributed by atoms with Crippen LogP contribution >= 0.6 is 11.6 Å². The molecule has 0 spiro atoms. The van der Waals surface area contributed by atoms with Crippen molar-refractivity contribution in [2.75, 3.05) is 24.5 Å². The second kappa shape index (κ2) is 6.64. The highest BCUT2D eigenvalue weighted by atomic mass is 35.5. The van der Waals surface area contributed by atoms with Gasteiger partial charge in [-0.15, -0.1) is 0 Å². The number of hydrogen-bond acceptors (Lipinski definition) is 6. The van der Waals surface area contributed by atoms with Crippen LogP contribution in [0, 0.1) is 0 Å². The van der Waals surface area contributed by atoms with Crippen LogP contribution in [-0.2, 0) is 0 Å². The Morgan fingerprint density at radius 2 is 2.11 bits per heavy atom. The van der Waals surface area contributed by atoms with Crippen molar-refractivity contribution >= 4 is 23.1 Å². The minimum absolute atomic E-state index is 0.213. The molecule has 0 aliphatic carbocycles. The molecule has 5 heterocycles. The number of rotatable bonds is 3. The van der Waals surface area contributed by atoms with E-state index >= 15 is 0 Å². The van der Waals surface area contributed by atoms with Crippen molar-refractivity contribution in [1.82, 2.24) is 34.9 Å². The Kier molecular flexibility index (Phi) is 3.99. The number of nitrogens with one attached hydrogen (secondary N) is 2. The molecule has 1 saturated heterocycles. The second-order valence-corrected chi connectivity index (χ2v) is 6.88. The Morgan fingerprint density at radius 3 is 3.00 bits per heavy atom. The van der Waals surface area contributed by atoms with Gasteiger partial charge in [0.15, 0.2) is 5.82 Å². The van der Waals surface area contributed by atoms with Crippen LogP contribution in [0.3, 0.4) is 0 Å². The average molecular weight is 381 g/mol. The van der Waals surface area contributed by atoms with E-state index in [2.05, 4.69) is 30.4 Å². The van der Waals surface area contributed by atoms with Gasteiger partial charge in [-0.2, -0.15) is 5.10 Å². The number of H-pyrrole nitrogens is 1. The van der Waals surface area contributed by atoms with Gasteiger partial charge in [0.25, 0.3) is 0 Å². The number of piperazine rings is 1. The zero-order chi connectivity index (χ0) is 18.2. The van der Waals surface area contributed by atoms with E-state index in [-0.39, 0.29) is 6.04 Å². The Bertz CT molecular complexity index is 1070. The van der Waals surface area contributed by atoms with E-state index in [9.17, 15) is 0 Å². The number of halogens is 1. The Labute approximate surface area is 160 Å². The van der Waals surface area contributed by atoms with Crippen molar-refractivity contribution in [3.05, 3.63) is 59.8 Å². The van der Waals surface area contributed by atoms with Gasteiger partial charge in [0, 0.05) is 43.8 Å². The normalized spacial score (nSPS) is 17.5. The smallest absolute Gasteiger partial charge is 0.180 e. The molecule has 0 radical (unpaired) electrons.